The second-order valence-corrected chi connectivity index (χ2v) is 4.72. The first-order valence-corrected chi connectivity index (χ1v) is 5.41. The van der Waals surface area contributed by atoms with Crippen molar-refractivity contribution in [2.45, 2.75) is 40.2 Å². The van der Waals surface area contributed by atoms with Crippen LogP contribution in [0, 0.1) is 5.92 Å². The van der Waals surface area contributed by atoms with Crippen molar-refractivity contribution in [2.75, 3.05) is 5.73 Å². The molecule has 0 aliphatic rings. The molecule has 2 N–H and O–H groups in total. The molecule has 0 unspecified atom stereocenters. The van der Waals surface area contributed by atoms with Crippen molar-refractivity contribution < 1.29 is 0 Å². The Kier molecular flexibility index (Phi) is 3.56. The van der Waals surface area contributed by atoms with Crippen LogP contribution in [0.4, 0.5) is 5.69 Å². The Labute approximate surface area is 90.9 Å². The number of nitrogens with zero attached hydrogens (tertiary/aromatic N) is 1. The van der Waals surface area contributed by atoms with Crippen LogP contribution in [0.15, 0.2) is 17.1 Å². The van der Waals surface area contributed by atoms with Crippen LogP contribution in [-0.2, 0) is 6.54 Å². The molecule has 0 saturated carbocycles. The summed E-state index contributed by atoms with van der Waals surface area (Å²) in [6.07, 6.45) is 1.76. The molecule has 0 aliphatic carbocycles. The fourth-order valence-corrected chi connectivity index (χ4v) is 1.64. The SMILES string of the molecule is CC(C)Cn1cc(N)c(C(C)C)cc1=O. The van der Waals surface area contributed by atoms with Crippen molar-refractivity contribution in [1.29, 1.82) is 0 Å². The van der Waals surface area contributed by atoms with Gasteiger partial charge in [-0.05, 0) is 17.4 Å². The number of hydrogen-bond donors (Lipinski definition) is 1. The van der Waals surface area contributed by atoms with Gasteiger partial charge in [-0.1, -0.05) is 27.7 Å². The van der Waals surface area contributed by atoms with E-state index in [0.29, 0.717) is 17.5 Å². The molecule has 3 nitrogen and oxygen atoms in total. The summed E-state index contributed by atoms with van der Waals surface area (Å²) in [5.74, 6) is 0.749. The van der Waals surface area contributed by atoms with Crippen LogP contribution in [0.25, 0.3) is 0 Å². The molecule has 1 aromatic heterocycles. The highest BCUT2D eigenvalue weighted by Crippen LogP contribution is 2.19. The summed E-state index contributed by atoms with van der Waals surface area (Å²) < 4.78 is 1.69. The van der Waals surface area contributed by atoms with Crippen molar-refractivity contribution in [1.82, 2.24) is 4.57 Å². The average molecular weight is 208 g/mol. The number of hydrogen-bond acceptors (Lipinski definition) is 2. The van der Waals surface area contributed by atoms with Gasteiger partial charge in [0.1, 0.15) is 0 Å². The Morgan fingerprint density at radius 2 is 1.93 bits per heavy atom. The lowest BCUT2D eigenvalue weighted by atomic mass is 10.0. The maximum absolute atomic E-state index is 11.7. The second kappa shape index (κ2) is 4.51. The van der Waals surface area contributed by atoms with E-state index in [0.717, 1.165) is 12.1 Å². The molecule has 0 bridgehead atoms. The van der Waals surface area contributed by atoms with Gasteiger partial charge in [-0.2, -0.15) is 0 Å². The van der Waals surface area contributed by atoms with Gasteiger partial charge in [0.25, 0.3) is 5.56 Å². The van der Waals surface area contributed by atoms with E-state index >= 15 is 0 Å². The van der Waals surface area contributed by atoms with Crippen LogP contribution in [0.3, 0.4) is 0 Å². The quantitative estimate of drug-likeness (QED) is 0.828. The molecule has 1 rings (SSSR count). The zero-order chi connectivity index (χ0) is 11.6. The summed E-state index contributed by atoms with van der Waals surface area (Å²) >= 11 is 0. The van der Waals surface area contributed by atoms with E-state index in [4.69, 9.17) is 5.73 Å². The maximum Gasteiger partial charge on any atom is 0.250 e. The summed E-state index contributed by atoms with van der Waals surface area (Å²) in [7, 11) is 0. The molecule has 3 heteroatoms. The third-order valence-corrected chi connectivity index (χ3v) is 2.37. The Hall–Kier alpha value is -1.25. The Balaban J connectivity index is 3.14. The largest absolute Gasteiger partial charge is 0.397 e. The van der Waals surface area contributed by atoms with Gasteiger partial charge in [0, 0.05) is 18.8 Å². The summed E-state index contributed by atoms with van der Waals surface area (Å²) in [5, 5.41) is 0. The van der Waals surface area contributed by atoms with E-state index in [2.05, 4.69) is 13.8 Å². The molecule has 0 saturated heterocycles. The van der Waals surface area contributed by atoms with Crippen molar-refractivity contribution in [2.24, 2.45) is 5.92 Å². The van der Waals surface area contributed by atoms with Crippen molar-refractivity contribution >= 4 is 5.69 Å². The summed E-state index contributed by atoms with van der Waals surface area (Å²) in [6, 6.07) is 1.66. The summed E-state index contributed by atoms with van der Waals surface area (Å²) in [4.78, 5) is 11.7. The summed E-state index contributed by atoms with van der Waals surface area (Å²) in [5.41, 5.74) is 7.61. The molecule has 0 amide bonds. The molecule has 0 aromatic carbocycles. The Morgan fingerprint density at radius 3 is 2.40 bits per heavy atom. The molecular formula is C12H20N2O. The van der Waals surface area contributed by atoms with Crippen LogP contribution >= 0.6 is 0 Å². The number of pyridine rings is 1. The number of nitrogen functional groups attached to an aromatic ring is 1. The zero-order valence-electron chi connectivity index (χ0n) is 9.95. The molecule has 0 fully saturated rings. The number of nitrogens with two attached hydrogens (primary N) is 1. The highest BCUT2D eigenvalue weighted by Gasteiger charge is 2.08. The van der Waals surface area contributed by atoms with Crippen LogP contribution in [-0.4, -0.2) is 4.57 Å². The van der Waals surface area contributed by atoms with Gasteiger partial charge < -0.3 is 10.3 Å². The lowest BCUT2D eigenvalue weighted by Crippen LogP contribution is -2.23. The van der Waals surface area contributed by atoms with Crippen molar-refractivity contribution in [3.63, 3.8) is 0 Å². The normalized spacial score (nSPS) is 11.3. The molecule has 1 aromatic rings. The van der Waals surface area contributed by atoms with Crippen LogP contribution in [0.1, 0.15) is 39.2 Å². The molecule has 0 radical (unpaired) electrons. The fraction of sp³-hybridized carbons (Fsp3) is 0.583. The van der Waals surface area contributed by atoms with Crippen molar-refractivity contribution in [3.8, 4) is 0 Å². The van der Waals surface area contributed by atoms with E-state index in [1.807, 2.05) is 13.8 Å². The standard InChI is InChI=1S/C12H20N2O/c1-8(2)6-14-7-11(13)10(9(3)4)5-12(14)15/h5,7-9H,6,13H2,1-4H3. The molecule has 0 atom stereocenters. The molecule has 0 aliphatic heterocycles. The maximum atomic E-state index is 11.7. The number of rotatable bonds is 3. The van der Waals surface area contributed by atoms with Gasteiger partial charge in [0.2, 0.25) is 0 Å². The van der Waals surface area contributed by atoms with E-state index in [1.54, 1.807) is 16.8 Å². The molecular weight excluding hydrogens is 188 g/mol. The highest BCUT2D eigenvalue weighted by atomic mass is 16.1. The van der Waals surface area contributed by atoms with Gasteiger partial charge in [-0.3, -0.25) is 4.79 Å². The van der Waals surface area contributed by atoms with Gasteiger partial charge in [0.05, 0.1) is 5.69 Å². The molecule has 15 heavy (non-hydrogen) atoms. The third-order valence-electron chi connectivity index (χ3n) is 2.37. The number of aromatic nitrogens is 1. The number of anilines is 1. The van der Waals surface area contributed by atoms with Gasteiger partial charge >= 0.3 is 0 Å². The van der Waals surface area contributed by atoms with Gasteiger partial charge in [0.15, 0.2) is 0 Å². The lowest BCUT2D eigenvalue weighted by molar-refractivity contribution is 0.511. The first-order chi connectivity index (χ1) is 6.91. The van der Waals surface area contributed by atoms with Gasteiger partial charge in [-0.25, -0.2) is 0 Å². The first-order valence-electron chi connectivity index (χ1n) is 5.41. The molecule has 0 spiro atoms. The minimum Gasteiger partial charge on any atom is -0.397 e. The Morgan fingerprint density at radius 1 is 1.33 bits per heavy atom. The monoisotopic (exact) mass is 208 g/mol. The lowest BCUT2D eigenvalue weighted by Gasteiger charge is -2.13. The van der Waals surface area contributed by atoms with E-state index in [1.165, 1.54) is 0 Å². The van der Waals surface area contributed by atoms with E-state index in [-0.39, 0.29) is 5.56 Å². The minimum atomic E-state index is 0.0431. The first kappa shape index (κ1) is 11.8. The van der Waals surface area contributed by atoms with E-state index < -0.39 is 0 Å². The van der Waals surface area contributed by atoms with E-state index in [9.17, 15) is 4.79 Å². The zero-order valence-corrected chi connectivity index (χ0v) is 9.95. The Bertz CT molecular complexity index is 391. The van der Waals surface area contributed by atoms with Crippen LogP contribution in [0.5, 0.6) is 0 Å². The van der Waals surface area contributed by atoms with Crippen LogP contribution < -0.4 is 11.3 Å². The topological polar surface area (TPSA) is 48.0 Å². The van der Waals surface area contributed by atoms with Gasteiger partial charge in [-0.15, -0.1) is 0 Å². The minimum absolute atomic E-state index is 0.0431. The average Bonchev–Trinajstić information content (AvgIpc) is 2.09. The predicted octanol–water partition coefficient (Wildman–Crippen LogP) is 2.21. The second-order valence-electron chi connectivity index (χ2n) is 4.72. The predicted molar refractivity (Wildman–Crippen MR) is 64.0 cm³/mol. The smallest absolute Gasteiger partial charge is 0.250 e. The third kappa shape index (κ3) is 2.85. The van der Waals surface area contributed by atoms with Crippen LogP contribution in [0.2, 0.25) is 0 Å². The van der Waals surface area contributed by atoms with Crippen molar-refractivity contribution in [3.05, 3.63) is 28.2 Å². The fourth-order valence-electron chi connectivity index (χ4n) is 1.64. The molecule has 84 valence electrons. The highest BCUT2D eigenvalue weighted by molar-refractivity contribution is 5.45. The molecule has 1 heterocycles. The summed E-state index contributed by atoms with van der Waals surface area (Å²) in [6.45, 7) is 8.97.